The van der Waals surface area contributed by atoms with E-state index in [4.69, 9.17) is 4.74 Å². The van der Waals surface area contributed by atoms with Crippen molar-refractivity contribution in [3.05, 3.63) is 42.1 Å². The smallest absolute Gasteiger partial charge is 0.282 e. The number of anilines is 1. The molecule has 1 N–H and O–H groups in total. The van der Waals surface area contributed by atoms with E-state index in [9.17, 15) is 17.6 Å². The third-order valence-corrected chi connectivity index (χ3v) is 12.2. The lowest BCUT2D eigenvalue weighted by atomic mass is 9.72. The number of aromatic nitrogens is 2. The molecule has 4 aliphatic rings. The van der Waals surface area contributed by atoms with E-state index in [1.165, 1.54) is 24.5 Å². The van der Waals surface area contributed by atoms with Gasteiger partial charge < -0.3 is 24.8 Å². The number of carbonyl (C=O) groups is 1. The zero-order valence-electron chi connectivity index (χ0n) is 28.5. The molecule has 266 valence electrons. The van der Waals surface area contributed by atoms with Crippen molar-refractivity contribution in [2.24, 2.45) is 11.3 Å². The number of piperidine rings is 1. The van der Waals surface area contributed by atoms with Gasteiger partial charge in [-0.05, 0) is 76.5 Å². The quantitative estimate of drug-likeness (QED) is 0.397. The minimum Gasteiger partial charge on any atom is -0.451 e. The summed E-state index contributed by atoms with van der Waals surface area (Å²) in [5.74, 6) is 1.03. The van der Waals surface area contributed by atoms with Crippen LogP contribution in [0.2, 0.25) is 0 Å². The van der Waals surface area contributed by atoms with Crippen LogP contribution in [0.5, 0.6) is 11.5 Å². The van der Waals surface area contributed by atoms with Crippen molar-refractivity contribution >= 4 is 34.3 Å². The van der Waals surface area contributed by atoms with E-state index in [1.807, 2.05) is 27.7 Å². The van der Waals surface area contributed by atoms with Gasteiger partial charge in [-0.1, -0.05) is 0 Å². The van der Waals surface area contributed by atoms with Crippen molar-refractivity contribution in [2.75, 3.05) is 76.9 Å². The van der Waals surface area contributed by atoms with Crippen molar-refractivity contribution in [2.45, 2.75) is 59.0 Å². The summed E-state index contributed by atoms with van der Waals surface area (Å²) < 4.78 is 50.2. The van der Waals surface area contributed by atoms with Gasteiger partial charge in [0.1, 0.15) is 17.9 Å². The molecule has 6 rings (SSSR count). The predicted octanol–water partition coefficient (Wildman–Crippen LogP) is 3.46. The number of piperazine rings is 1. The molecule has 5 heterocycles. The molecule has 0 aliphatic carbocycles. The fourth-order valence-electron chi connectivity index (χ4n) is 7.82. The minimum atomic E-state index is -3.38. The van der Waals surface area contributed by atoms with E-state index < -0.39 is 16.0 Å². The van der Waals surface area contributed by atoms with Gasteiger partial charge in [0.15, 0.2) is 11.6 Å². The average Bonchev–Trinajstić information content (AvgIpc) is 3.50. The van der Waals surface area contributed by atoms with Gasteiger partial charge in [0.05, 0.1) is 11.8 Å². The Morgan fingerprint density at radius 1 is 1.04 bits per heavy atom. The highest BCUT2D eigenvalue weighted by molar-refractivity contribution is 7.86. The Kier molecular flexibility index (Phi) is 11.5. The van der Waals surface area contributed by atoms with Crippen molar-refractivity contribution in [1.82, 2.24) is 33.7 Å². The average molecular weight is 709 g/mol. The molecule has 4 fully saturated rings. The van der Waals surface area contributed by atoms with Crippen molar-refractivity contribution in [3.8, 4) is 11.5 Å². The Morgan fingerprint density at radius 3 is 2.38 bits per heavy atom. The topological polar surface area (TPSA) is 114 Å². The first kappa shape index (κ1) is 36.7. The minimum absolute atomic E-state index is 0. The van der Waals surface area contributed by atoms with E-state index in [1.54, 1.807) is 19.7 Å². The lowest BCUT2D eigenvalue weighted by molar-refractivity contribution is -0.0413. The summed E-state index contributed by atoms with van der Waals surface area (Å²) in [5, 5.41) is 3.23. The van der Waals surface area contributed by atoms with Crippen molar-refractivity contribution in [1.29, 1.82) is 0 Å². The highest BCUT2D eigenvalue weighted by Gasteiger charge is 2.47. The predicted molar refractivity (Wildman–Crippen MR) is 186 cm³/mol. The van der Waals surface area contributed by atoms with Gasteiger partial charge in [-0.15, -0.1) is 12.4 Å². The van der Waals surface area contributed by atoms with E-state index in [2.05, 4.69) is 25.1 Å². The SMILES string of the molecule is CC(C)N(C(=O)c1cc(F)ccc1Oc1cncnc1N1CC[C@@H](CN2CC3(CCN(S(=O)(=O)N4CCNCC4)CC3)C2)C1)C(C)C.Cl. The van der Waals surface area contributed by atoms with Crippen LogP contribution in [0.1, 0.15) is 57.3 Å². The fourth-order valence-corrected chi connectivity index (χ4v) is 9.43. The summed E-state index contributed by atoms with van der Waals surface area (Å²) in [4.78, 5) is 28.7. The molecule has 4 saturated heterocycles. The summed E-state index contributed by atoms with van der Waals surface area (Å²) >= 11 is 0. The molecule has 4 aliphatic heterocycles. The van der Waals surface area contributed by atoms with E-state index in [0.29, 0.717) is 56.8 Å². The van der Waals surface area contributed by atoms with Crippen LogP contribution < -0.4 is 15.0 Å². The summed E-state index contributed by atoms with van der Waals surface area (Å²) in [5.41, 5.74) is 0.382. The molecule has 0 saturated carbocycles. The molecule has 48 heavy (non-hydrogen) atoms. The number of rotatable bonds is 10. The molecule has 1 aromatic heterocycles. The van der Waals surface area contributed by atoms with Crippen LogP contribution in [-0.4, -0.2) is 127 Å². The van der Waals surface area contributed by atoms with Gasteiger partial charge in [0.2, 0.25) is 0 Å². The zero-order chi connectivity index (χ0) is 33.3. The molecular formula is C33H50ClFN8O4S. The van der Waals surface area contributed by atoms with Crippen LogP contribution >= 0.6 is 12.4 Å². The summed E-state index contributed by atoms with van der Waals surface area (Å²) in [6, 6.07) is 3.90. The third-order valence-electron chi connectivity index (χ3n) is 10.1. The number of hydrogen-bond acceptors (Lipinski definition) is 9. The van der Waals surface area contributed by atoms with E-state index >= 15 is 0 Å². The standard InChI is InChI=1S/C33H49FN8O4S.ClH/c1-24(2)42(25(3)4)32(43)28-17-27(34)5-6-29(28)46-30-18-36-23-37-31(30)39-12-7-26(20-39)19-38-21-33(22-38)8-13-40(14-9-33)47(44,45)41-15-10-35-11-16-41;/h5-6,17-18,23-26,35H,7-16,19-22H2,1-4H3;1H/t26-;/m0./s1. The van der Waals surface area contributed by atoms with Crippen LogP contribution in [0.25, 0.3) is 0 Å². The van der Waals surface area contributed by atoms with Gasteiger partial charge in [0, 0.05) is 84.1 Å². The summed E-state index contributed by atoms with van der Waals surface area (Å²) in [7, 11) is -3.38. The maximum absolute atomic E-state index is 14.4. The molecule has 0 bridgehead atoms. The van der Waals surface area contributed by atoms with Gasteiger partial charge in [0.25, 0.3) is 16.1 Å². The highest BCUT2D eigenvalue weighted by atomic mass is 35.5. The van der Waals surface area contributed by atoms with E-state index in [-0.39, 0.29) is 47.1 Å². The number of ether oxygens (including phenoxy) is 1. The van der Waals surface area contributed by atoms with Crippen LogP contribution in [0, 0.1) is 17.2 Å². The molecule has 1 amide bonds. The third kappa shape index (κ3) is 7.73. The Labute approximate surface area is 290 Å². The van der Waals surface area contributed by atoms with Crippen LogP contribution in [0.15, 0.2) is 30.7 Å². The Morgan fingerprint density at radius 2 is 1.71 bits per heavy atom. The van der Waals surface area contributed by atoms with Crippen LogP contribution in [0.3, 0.4) is 0 Å². The monoisotopic (exact) mass is 708 g/mol. The zero-order valence-corrected chi connectivity index (χ0v) is 30.1. The number of carbonyl (C=O) groups excluding carboxylic acids is 1. The molecule has 0 unspecified atom stereocenters. The lowest BCUT2D eigenvalue weighted by Crippen LogP contribution is -2.62. The maximum Gasteiger partial charge on any atom is 0.282 e. The van der Waals surface area contributed by atoms with Crippen molar-refractivity contribution in [3.63, 3.8) is 0 Å². The number of hydrogen-bond donors (Lipinski definition) is 1. The van der Waals surface area contributed by atoms with Gasteiger partial charge in [-0.25, -0.2) is 14.4 Å². The van der Waals surface area contributed by atoms with E-state index in [0.717, 1.165) is 52.0 Å². The van der Waals surface area contributed by atoms with Gasteiger partial charge in [-0.3, -0.25) is 4.79 Å². The molecule has 0 radical (unpaired) electrons. The lowest BCUT2D eigenvalue weighted by Gasteiger charge is -2.54. The second-order valence-corrected chi connectivity index (χ2v) is 16.1. The Hall–Kier alpha value is -2.62. The molecule has 2 aromatic rings. The summed E-state index contributed by atoms with van der Waals surface area (Å²) in [6.45, 7) is 16.1. The Balaban J connectivity index is 0.00000451. The van der Waals surface area contributed by atoms with Gasteiger partial charge >= 0.3 is 0 Å². The molecule has 12 nitrogen and oxygen atoms in total. The number of nitrogens with zero attached hydrogens (tertiary/aromatic N) is 7. The number of benzene rings is 1. The first-order valence-corrected chi connectivity index (χ1v) is 18.4. The maximum atomic E-state index is 14.4. The second-order valence-electron chi connectivity index (χ2n) is 14.2. The van der Waals surface area contributed by atoms with Crippen LogP contribution in [-0.2, 0) is 10.2 Å². The first-order chi connectivity index (χ1) is 22.5. The molecule has 1 atom stereocenters. The second kappa shape index (κ2) is 15.1. The first-order valence-electron chi connectivity index (χ1n) is 17.0. The normalized spacial score (nSPS) is 22.1. The van der Waals surface area contributed by atoms with Crippen LogP contribution in [0.4, 0.5) is 10.2 Å². The highest BCUT2D eigenvalue weighted by Crippen LogP contribution is 2.42. The number of nitrogens with one attached hydrogen (secondary N) is 1. The number of likely N-dealkylation sites (tertiary alicyclic amines) is 1. The summed E-state index contributed by atoms with van der Waals surface area (Å²) in [6.07, 6.45) is 5.94. The van der Waals surface area contributed by atoms with Crippen molar-refractivity contribution < 1.29 is 22.3 Å². The van der Waals surface area contributed by atoms with Gasteiger partial charge in [-0.2, -0.15) is 17.0 Å². The number of halogens is 2. The molecule has 1 aromatic carbocycles. The largest absolute Gasteiger partial charge is 0.451 e. The number of amides is 1. The molecular weight excluding hydrogens is 659 g/mol. The Bertz CT molecular complexity index is 1520. The molecule has 1 spiro atoms. The molecule has 15 heteroatoms. The fraction of sp³-hybridized carbons (Fsp3) is 0.667.